The maximum absolute atomic E-state index is 12.6. The highest BCUT2D eigenvalue weighted by molar-refractivity contribution is 8.00. The minimum Gasteiger partial charge on any atom is -0.497 e. The van der Waals surface area contributed by atoms with Gasteiger partial charge in [0, 0.05) is 23.9 Å². The molecule has 1 amide bonds. The van der Waals surface area contributed by atoms with Gasteiger partial charge >= 0.3 is 0 Å². The predicted molar refractivity (Wildman–Crippen MR) is 110 cm³/mol. The minimum atomic E-state index is 0.0847. The van der Waals surface area contributed by atoms with Gasteiger partial charge in [-0.2, -0.15) is 0 Å². The summed E-state index contributed by atoms with van der Waals surface area (Å²) in [6, 6.07) is 7.80. The van der Waals surface area contributed by atoms with Crippen LogP contribution in [0.3, 0.4) is 0 Å². The number of benzene rings is 1. The van der Waals surface area contributed by atoms with Crippen molar-refractivity contribution < 1.29 is 9.53 Å². The minimum absolute atomic E-state index is 0.0847. The van der Waals surface area contributed by atoms with Crippen LogP contribution in [-0.4, -0.2) is 40.7 Å². The Balaban J connectivity index is 1.44. The average molecular weight is 400 g/mol. The molecule has 3 aromatic rings. The zero-order chi connectivity index (χ0) is 18.8. The first kappa shape index (κ1) is 18.3. The number of thiophene rings is 1. The van der Waals surface area contributed by atoms with Crippen LogP contribution in [0.1, 0.15) is 22.4 Å². The number of thioether (sulfide) groups is 1. The summed E-state index contributed by atoms with van der Waals surface area (Å²) < 4.78 is 5.25. The van der Waals surface area contributed by atoms with Crippen molar-refractivity contribution in [2.75, 3.05) is 19.9 Å². The molecule has 5 nitrogen and oxygen atoms in total. The number of methoxy groups -OCH3 is 1. The van der Waals surface area contributed by atoms with Crippen molar-refractivity contribution in [1.29, 1.82) is 0 Å². The quantitative estimate of drug-likeness (QED) is 0.464. The number of ether oxygens (including phenoxy) is 1. The zero-order valence-corrected chi connectivity index (χ0v) is 17.0. The lowest BCUT2D eigenvalue weighted by atomic mass is 10.2. The van der Waals surface area contributed by atoms with Gasteiger partial charge in [-0.25, -0.2) is 9.97 Å². The molecule has 0 aliphatic heterocycles. The Labute approximate surface area is 166 Å². The van der Waals surface area contributed by atoms with Crippen LogP contribution in [0.25, 0.3) is 10.2 Å². The van der Waals surface area contributed by atoms with E-state index >= 15 is 0 Å². The number of hydrogen-bond donors (Lipinski definition) is 0. The molecule has 4 rings (SSSR count). The summed E-state index contributed by atoms with van der Waals surface area (Å²) in [4.78, 5) is 25.7. The van der Waals surface area contributed by atoms with Gasteiger partial charge in [0.15, 0.2) is 0 Å². The Bertz CT molecular complexity index is 987. The number of fused-ring (bicyclic) bond motifs is 3. The van der Waals surface area contributed by atoms with Gasteiger partial charge in [-0.05, 0) is 42.5 Å². The van der Waals surface area contributed by atoms with Crippen LogP contribution < -0.4 is 4.74 Å². The molecule has 1 aliphatic carbocycles. The fraction of sp³-hybridized carbons (Fsp3) is 0.350. The van der Waals surface area contributed by atoms with E-state index in [-0.39, 0.29) is 5.91 Å². The van der Waals surface area contributed by atoms with E-state index in [1.807, 2.05) is 31.3 Å². The summed E-state index contributed by atoms with van der Waals surface area (Å²) in [5.41, 5.74) is 2.45. The molecule has 2 aromatic heterocycles. The summed E-state index contributed by atoms with van der Waals surface area (Å²) in [5, 5.41) is 2.10. The third kappa shape index (κ3) is 3.80. The van der Waals surface area contributed by atoms with Crippen LogP contribution in [0, 0.1) is 0 Å². The van der Waals surface area contributed by atoms with Crippen LogP contribution in [0.15, 0.2) is 35.6 Å². The number of rotatable bonds is 6. The molecule has 1 aromatic carbocycles. The molecule has 7 heteroatoms. The third-order valence-electron chi connectivity index (χ3n) is 4.78. The molecular formula is C20H21N3O2S2. The van der Waals surface area contributed by atoms with Crippen LogP contribution in [0.5, 0.6) is 5.75 Å². The van der Waals surface area contributed by atoms with E-state index in [9.17, 15) is 4.79 Å². The van der Waals surface area contributed by atoms with E-state index in [1.54, 1.807) is 29.7 Å². The first-order valence-corrected chi connectivity index (χ1v) is 10.7. The number of hydrogen-bond acceptors (Lipinski definition) is 6. The standard InChI is InChI=1S/C20H21N3O2S2/c1-23(10-13-5-3-6-14(9-13)25-2)17(24)11-26-19-18-15-7-4-8-16(15)27-20(18)22-12-21-19/h3,5-6,9,12H,4,7-8,10-11H2,1-2H3. The Morgan fingerprint density at radius 2 is 2.22 bits per heavy atom. The van der Waals surface area contributed by atoms with Crippen molar-refractivity contribution in [3.63, 3.8) is 0 Å². The number of nitrogens with zero attached hydrogens (tertiary/aromatic N) is 3. The summed E-state index contributed by atoms with van der Waals surface area (Å²) in [7, 11) is 3.48. The second-order valence-corrected chi connectivity index (χ2v) is 8.65. The highest BCUT2D eigenvalue weighted by Crippen LogP contribution is 2.40. The normalized spacial score (nSPS) is 13.0. The number of carbonyl (C=O) groups excluding carboxylic acids is 1. The Morgan fingerprint density at radius 1 is 1.33 bits per heavy atom. The molecule has 0 fully saturated rings. The Morgan fingerprint density at radius 3 is 3.07 bits per heavy atom. The summed E-state index contributed by atoms with van der Waals surface area (Å²) in [6.07, 6.45) is 5.06. The number of amides is 1. The Kier molecular flexibility index (Phi) is 5.31. The third-order valence-corrected chi connectivity index (χ3v) is 6.95. The van der Waals surface area contributed by atoms with Gasteiger partial charge in [-0.15, -0.1) is 11.3 Å². The second kappa shape index (κ2) is 7.86. The fourth-order valence-electron chi connectivity index (χ4n) is 3.38. The highest BCUT2D eigenvalue weighted by atomic mass is 32.2. The molecule has 0 atom stereocenters. The molecule has 0 saturated carbocycles. The summed E-state index contributed by atoms with van der Waals surface area (Å²) in [6.45, 7) is 0.559. The van der Waals surface area contributed by atoms with Crippen LogP contribution in [0.2, 0.25) is 0 Å². The molecule has 0 saturated heterocycles. The largest absolute Gasteiger partial charge is 0.497 e. The van der Waals surface area contributed by atoms with Crippen molar-refractivity contribution >= 4 is 39.2 Å². The molecule has 0 spiro atoms. The molecule has 27 heavy (non-hydrogen) atoms. The predicted octanol–water partition coefficient (Wildman–Crippen LogP) is 3.94. The van der Waals surface area contributed by atoms with E-state index in [2.05, 4.69) is 9.97 Å². The number of carbonyl (C=O) groups is 1. The van der Waals surface area contributed by atoms with Crippen molar-refractivity contribution in [3.8, 4) is 5.75 Å². The van der Waals surface area contributed by atoms with E-state index in [0.717, 1.165) is 34.0 Å². The fourth-order valence-corrected chi connectivity index (χ4v) is 5.64. The molecule has 0 radical (unpaired) electrons. The first-order valence-electron chi connectivity index (χ1n) is 8.90. The topological polar surface area (TPSA) is 55.3 Å². The summed E-state index contributed by atoms with van der Waals surface area (Å²) in [5.74, 6) is 1.26. The molecule has 0 unspecified atom stereocenters. The monoisotopic (exact) mass is 399 g/mol. The lowest BCUT2D eigenvalue weighted by molar-refractivity contribution is -0.127. The smallest absolute Gasteiger partial charge is 0.233 e. The molecule has 1 aliphatic rings. The van der Waals surface area contributed by atoms with E-state index < -0.39 is 0 Å². The highest BCUT2D eigenvalue weighted by Gasteiger charge is 2.22. The van der Waals surface area contributed by atoms with E-state index in [1.165, 1.54) is 34.0 Å². The van der Waals surface area contributed by atoms with Crippen LogP contribution in [-0.2, 0) is 24.2 Å². The van der Waals surface area contributed by atoms with Gasteiger partial charge in [0.2, 0.25) is 5.91 Å². The van der Waals surface area contributed by atoms with Gasteiger partial charge in [-0.3, -0.25) is 4.79 Å². The SMILES string of the molecule is COc1cccc(CN(C)C(=O)CSc2ncnc3sc4c(c23)CCC4)c1. The molecule has 2 heterocycles. The molecule has 0 N–H and O–H groups in total. The zero-order valence-electron chi connectivity index (χ0n) is 15.4. The van der Waals surface area contributed by atoms with Gasteiger partial charge in [0.1, 0.15) is 21.9 Å². The average Bonchev–Trinajstić information content (AvgIpc) is 3.27. The number of aromatic nitrogens is 2. The van der Waals surface area contributed by atoms with Gasteiger partial charge in [0.05, 0.1) is 12.9 Å². The van der Waals surface area contributed by atoms with E-state index in [4.69, 9.17) is 4.74 Å². The van der Waals surface area contributed by atoms with Crippen LogP contribution >= 0.6 is 23.1 Å². The maximum Gasteiger partial charge on any atom is 0.233 e. The van der Waals surface area contributed by atoms with Crippen molar-refractivity contribution in [2.45, 2.75) is 30.8 Å². The van der Waals surface area contributed by atoms with E-state index in [0.29, 0.717) is 12.3 Å². The maximum atomic E-state index is 12.6. The van der Waals surface area contributed by atoms with Gasteiger partial charge < -0.3 is 9.64 Å². The van der Waals surface area contributed by atoms with Crippen molar-refractivity contribution in [3.05, 3.63) is 46.6 Å². The lowest BCUT2D eigenvalue weighted by Crippen LogP contribution is -2.27. The van der Waals surface area contributed by atoms with Crippen molar-refractivity contribution in [1.82, 2.24) is 14.9 Å². The van der Waals surface area contributed by atoms with Crippen LogP contribution in [0.4, 0.5) is 0 Å². The Hall–Kier alpha value is -2.12. The molecule has 0 bridgehead atoms. The van der Waals surface area contributed by atoms with Gasteiger partial charge in [0.25, 0.3) is 0 Å². The summed E-state index contributed by atoms with van der Waals surface area (Å²) >= 11 is 3.29. The second-order valence-electron chi connectivity index (χ2n) is 6.61. The van der Waals surface area contributed by atoms with Gasteiger partial charge in [-0.1, -0.05) is 23.9 Å². The number of aryl methyl sites for hydroxylation is 2. The molecular weight excluding hydrogens is 378 g/mol. The van der Waals surface area contributed by atoms with Crippen molar-refractivity contribution in [2.24, 2.45) is 0 Å². The lowest BCUT2D eigenvalue weighted by Gasteiger charge is -2.17. The first-order chi connectivity index (χ1) is 13.2. The molecule has 140 valence electrons.